The van der Waals surface area contributed by atoms with Gasteiger partial charge in [-0.2, -0.15) is 0 Å². The van der Waals surface area contributed by atoms with Crippen LogP contribution >= 0.6 is 34.5 Å². The maximum Gasteiger partial charge on any atom is 0.265 e. The number of anilines is 1. The van der Waals surface area contributed by atoms with Gasteiger partial charge in [-0.05, 0) is 24.3 Å². The van der Waals surface area contributed by atoms with Crippen molar-refractivity contribution in [1.29, 1.82) is 0 Å². The van der Waals surface area contributed by atoms with Crippen molar-refractivity contribution in [2.75, 3.05) is 52.3 Å². The van der Waals surface area contributed by atoms with Gasteiger partial charge in [0.15, 0.2) is 0 Å². The minimum Gasteiger partial charge on any atom is -0.497 e. The topological polar surface area (TPSA) is 71.1 Å². The van der Waals surface area contributed by atoms with Crippen molar-refractivity contribution in [1.82, 2.24) is 9.80 Å². The summed E-state index contributed by atoms with van der Waals surface area (Å²) in [4.78, 5) is 30.0. The summed E-state index contributed by atoms with van der Waals surface area (Å²) < 4.78 is 11.4. The first-order valence-electron chi connectivity index (χ1n) is 10.3. The number of halogens is 2. The first-order valence-corrected chi connectivity index (χ1v) is 11.9. The lowest BCUT2D eigenvalue weighted by Gasteiger charge is -2.34. The van der Waals surface area contributed by atoms with E-state index < -0.39 is 0 Å². The molecule has 10 heteroatoms. The van der Waals surface area contributed by atoms with Crippen LogP contribution in [0.2, 0.25) is 10.0 Å². The van der Waals surface area contributed by atoms with Crippen LogP contribution in [-0.2, 0) is 4.79 Å². The summed E-state index contributed by atoms with van der Waals surface area (Å²) in [7, 11) is 3.11. The zero-order chi connectivity index (χ0) is 23.5. The molecule has 1 saturated heterocycles. The monoisotopic (exact) mass is 507 g/mol. The zero-order valence-electron chi connectivity index (χ0n) is 18.2. The molecule has 1 aliphatic rings. The summed E-state index contributed by atoms with van der Waals surface area (Å²) in [5.74, 6) is 0.926. The van der Waals surface area contributed by atoms with Gasteiger partial charge in [0.2, 0.25) is 5.91 Å². The maximum absolute atomic E-state index is 13.1. The molecule has 2 aromatic carbocycles. The summed E-state index contributed by atoms with van der Waals surface area (Å²) in [5, 5.41) is 4.78. The number of methoxy groups -OCH3 is 2. The Balaban J connectivity index is 1.35. The lowest BCUT2D eigenvalue weighted by Crippen LogP contribution is -2.50. The van der Waals surface area contributed by atoms with Gasteiger partial charge in [-0.25, -0.2) is 0 Å². The van der Waals surface area contributed by atoms with Crippen molar-refractivity contribution in [3.63, 3.8) is 0 Å². The van der Waals surface area contributed by atoms with E-state index in [-0.39, 0.29) is 18.4 Å². The zero-order valence-corrected chi connectivity index (χ0v) is 20.5. The summed E-state index contributed by atoms with van der Waals surface area (Å²) in [6.07, 6.45) is 0. The van der Waals surface area contributed by atoms with Crippen molar-refractivity contribution < 1.29 is 19.1 Å². The summed E-state index contributed by atoms with van der Waals surface area (Å²) in [6.45, 7) is 2.41. The molecule has 0 bridgehead atoms. The van der Waals surface area contributed by atoms with Gasteiger partial charge in [-0.3, -0.25) is 14.5 Å². The minimum absolute atomic E-state index is 0.0949. The normalized spacial score (nSPS) is 14.4. The van der Waals surface area contributed by atoms with E-state index in [2.05, 4.69) is 5.32 Å². The molecule has 0 aliphatic carbocycles. The van der Waals surface area contributed by atoms with Crippen molar-refractivity contribution in [2.24, 2.45) is 0 Å². The Morgan fingerprint density at radius 3 is 2.48 bits per heavy atom. The van der Waals surface area contributed by atoms with Crippen LogP contribution in [0.25, 0.3) is 10.1 Å². The number of hydrogen-bond donors (Lipinski definition) is 1. The molecule has 3 aromatic rings. The predicted octanol–water partition coefficient (Wildman–Crippen LogP) is 4.62. The predicted molar refractivity (Wildman–Crippen MR) is 132 cm³/mol. The van der Waals surface area contributed by atoms with Gasteiger partial charge in [0.05, 0.1) is 31.5 Å². The Morgan fingerprint density at radius 2 is 1.79 bits per heavy atom. The number of ether oxygens (including phenoxy) is 2. The average Bonchev–Trinajstić information content (AvgIpc) is 3.14. The van der Waals surface area contributed by atoms with E-state index in [1.165, 1.54) is 11.3 Å². The molecule has 4 rings (SSSR count). The maximum atomic E-state index is 13.1. The fourth-order valence-electron chi connectivity index (χ4n) is 3.73. The van der Waals surface area contributed by atoms with Crippen LogP contribution in [0.4, 0.5) is 5.69 Å². The number of amides is 2. The second-order valence-corrected chi connectivity index (χ2v) is 9.43. The third-order valence-electron chi connectivity index (χ3n) is 5.49. The number of carbonyl (C=O) groups is 2. The first-order chi connectivity index (χ1) is 15.9. The van der Waals surface area contributed by atoms with Gasteiger partial charge in [0.25, 0.3) is 5.91 Å². The number of hydrogen-bond acceptors (Lipinski definition) is 6. The highest BCUT2D eigenvalue weighted by Crippen LogP contribution is 2.37. The number of benzene rings is 2. The van der Waals surface area contributed by atoms with Gasteiger partial charge in [0.1, 0.15) is 16.4 Å². The van der Waals surface area contributed by atoms with E-state index in [1.54, 1.807) is 43.4 Å². The van der Waals surface area contributed by atoms with Crippen LogP contribution in [0.1, 0.15) is 9.67 Å². The molecule has 1 aliphatic heterocycles. The minimum atomic E-state index is -0.161. The van der Waals surface area contributed by atoms with Gasteiger partial charge in [-0.15, -0.1) is 11.3 Å². The number of nitrogens with zero attached hydrogens (tertiary/aromatic N) is 2. The molecule has 7 nitrogen and oxygen atoms in total. The Labute approximate surface area is 205 Å². The molecule has 174 valence electrons. The summed E-state index contributed by atoms with van der Waals surface area (Å²) in [6, 6.07) is 10.6. The molecular formula is C23H23Cl2N3O4S. The molecule has 0 atom stereocenters. The van der Waals surface area contributed by atoms with E-state index in [0.717, 1.165) is 10.1 Å². The van der Waals surface area contributed by atoms with Crippen molar-refractivity contribution in [2.45, 2.75) is 0 Å². The Bertz CT molecular complexity index is 1190. The molecule has 1 aromatic heterocycles. The fourth-order valence-corrected chi connectivity index (χ4v) is 5.49. The van der Waals surface area contributed by atoms with E-state index in [0.29, 0.717) is 58.3 Å². The molecule has 33 heavy (non-hydrogen) atoms. The van der Waals surface area contributed by atoms with Gasteiger partial charge < -0.3 is 19.7 Å². The van der Waals surface area contributed by atoms with E-state index in [9.17, 15) is 9.59 Å². The molecule has 1 fully saturated rings. The Morgan fingerprint density at radius 1 is 1.03 bits per heavy atom. The van der Waals surface area contributed by atoms with Crippen LogP contribution in [0.15, 0.2) is 36.4 Å². The van der Waals surface area contributed by atoms with Gasteiger partial charge >= 0.3 is 0 Å². The molecule has 2 amide bonds. The Hall–Kier alpha value is -2.52. The molecule has 0 saturated carbocycles. The second kappa shape index (κ2) is 10.2. The van der Waals surface area contributed by atoms with Crippen molar-refractivity contribution in [3.8, 4) is 11.5 Å². The highest BCUT2D eigenvalue weighted by Gasteiger charge is 2.27. The Kier molecular flexibility index (Phi) is 7.29. The summed E-state index contributed by atoms with van der Waals surface area (Å²) in [5.41, 5.74) is 0.551. The highest BCUT2D eigenvalue weighted by molar-refractivity contribution is 7.21. The average molecular weight is 508 g/mol. The number of fused-ring (bicyclic) bond motifs is 1. The van der Waals surface area contributed by atoms with Crippen LogP contribution in [0.3, 0.4) is 0 Å². The SMILES string of the molecule is COc1ccc(OC)c(NC(=O)CN2CCN(C(=O)c3sc4cc(Cl)ccc4c3Cl)CC2)c1. The van der Waals surface area contributed by atoms with Crippen molar-refractivity contribution >= 4 is 62.1 Å². The standard InChI is InChI=1S/C23H23Cl2N3O4S/c1-31-15-4-6-18(32-2)17(12-15)26-20(29)13-27-7-9-28(10-8-27)23(30)22-21(25)16-5-3-14(24)11-19(16)33-22/h3-6,11-12H,7-10,13H2,1-2H3,(H,26,29). The highest BCUT2D eigenvalue weighted by atomic mass is 35.5. The number of nitrogens with one attached hydrogen (secondary N) is 1. The largest absolute Gasteiger partial charge is 0.497 e. The van der Waals surface area contributed by atoms with Crippen LogP contribution < -0.4 is 14.8 Å². The van der Waals surface area contributed by atoms with Crippen LogP contribution in [0, 0.1) is 0 Å². The van der Waals surface area contributed by atoms with E-state index in [4.69, 9.17) is 32.7 Å². The molecule has 2 heterocycles. The van der Waals surface area contributed by atoms with E-state index >= 15 is 0 Å². The fraction of sp³-hybridized carbons (Fsp3) is 0.304. The first kappa shape index (κ1) is 23.6. The third-order valence-corrected chi connectivity index (χ3v) is 7.37. The molecule has 0 unspecified atom stereocenters. The van der Waals surface area contributed by atoms with Crippen LogP contribution in [0.5, 0.6) is 11.5 Å². The number of rotatable bonds is 6. The molecule has 0 spiro atoms. The lowest BCUT2D eigenvalue weighted by molar-refractivity contribution is -0.117. The van der Waals surface area contributed by atoms with Crippen molar-refractivity contribution in [3.05, 3.63) is 51.3 Å². The summed E-state index contributed by atoms with van der Waals surface area (Å²) >= 11 is 13.9. The number of piperazine rings is 1. The molecule has 0 radical (unpaired) electrons. The second-order valence-electron chi connectivity index (χ2n) is 7.57. The quantitative estimate of drug-likeness (QED) is 0.526. The number of thiophene rings is 1. The smallest absolute Gasteiger partial charge is 0.265 e. The third kappa shape index (κ3) is 5.19. The lowest BCUT2D eigenvalue weighted by atomic mass is 10.2. The molecule has 1 N–H and O–H groups in total. The van der Waals surface area contributed by atoms with E-state index in [1.807, 2.05) is 17.0 Å². The van der Waals surface area contributed by atoms with Crippen LogP contribution in [-0.4, -0.2) is 68.6 Å². The number of carbonyl (C=O) groups excluding carboxylic acids is 2. The molecular weight excluding hydrogens is 485 g/mol. The van der Waals surface area contributed by atoms with Gasteiger partial charge in [-0.1, -0.05) is 29.3 Å². The van der Waals surface area contributed by atoms with Gasteiger partial charge in [0, 0.05) is 47.4 Å².